The average Bonchev–Trinajstić information content (AvgIpc) is 2.62. The summed E-state index contributed by atoms with van der Waals surface area (Å²) in [7, 11) is 5.77. The first-order valence-electron chi connectivity index (χ1n) is 7.15. The second-order valence-electron chi connectivity index (χ2n) is 6.87. The number of nitrogens with zero attached hydrogens (tertiary/aromatic N) is 4. The molecule has 0 fully saturated rings. The van der Waals surface area contributed by atoms with E-state index in [0.717, 1.165) is 6.54 Å². The summed E-state index contributed by atoms with van der Waals surface area (Å²) in [4.78, 5) is 13.1. The zero-order valence-corrected chi connectivity index (χ0v) is 14.1. The van der Waals surface area contributed by atoms with Crippen molar-refractivity contribution in [2.75, 3.05) is 32.5 Å². The molecule has 0 radical (unpaired) electrons. The summed E-state index contributed by atoms with van der Waals surface area (Å²) in [5.41, 5.74) is 0.614. The van der Waals surface area contributed by atoms with Crippen molar-refractivity contribution in [1.29, 1.82) is 0 Å². The van der Waals surface area contributed by atoms with Crippen LogP contribution in [0.1, 0.15) is 39.3 Å². The van der Waals surface area contributed by atoms with Gasteiger partial charge >= 0.3 is 5.69 Å². The highest BCUT2D eigenvalue weighted by Gasteiger charge is 2.29. The van der Waals surface area contributed by atoms with E-state index in [-0.39, 0.29) is 21.9 Å². The van der Waals surface area contributed by atoms with Gasteiger partial charge in [0.2, 0.25) is 5.82 Å². The van der Waals surface area contributed by atoms with Crippen molar-refractivity contribution in [2.45, 2.75) is 33.6 Å². The van der Waals surface area contributed by atoms with E-state index in [1.165, 1.54) is 0 Å². The molecule has 0 saturated heterocycles. The number of hydrogen-bond acceptors (Lipinski definition) is 5. The lowest BCUT2D eigenvalue weighted by Crippen LogP contribution is -2.34. The van der Waals surface area contributed by atoms with Crippen molar-refractivity contribution in [3.63, 3.8) is 0 Å². The molecule has 21 heavy (non-hydrogen) atoms. The van der Waals surface area contributed by atoms with Crippen LogP contribution < -0.4 is 5.32 Å². The Kier molecular flexibility index (Phi) is 5.33. The fourth-order valence-electron chi connectivity index (χ4n) is 2.54. The molecule has 0 atom stereocenters. The van der Waals surface area contributed by atoms with Crippen molar-refractivity contribution in [3.05, 3.63) is 15.8 Å². The molecule has 0 amide bonds. The van der Waals surface area contributed by atoms with E-state index in [9.17, 15) is 10.1 Å². The highest BCUT2D eigenvalue weighted by molar-refractivity contribution is 5.60. The molecule has 1 aromatic heterocycles. The van der Waals surface area contributed by atoms with Crippen LogP contribution in [0, 0.1) is 15.5 Å². The van der Waals surface area contributed by atoms with Crippen molar-refractivity contribution in [1.82, 2.24) is 14.7 Å². The molecule has 7 heteroatoms. The number of hydrogen-bond donors (Lipinski definition) is 1. The molecule has 0 unspecified atom stereocenters. The Hall–Kier alpha value is -1.63. The molecule has 120 valence electrons. The van der Waals surface area contributed by atoms with Gasteiger partial charge in [-0.1, -0.05) is 27.7 Å². The van der Waals surface area contributed by atoms with Crippen molar-refractivity contribution in [2.24, 2.45) is 12.5 Å². The molecule has 0 aliphatic rings. The van der Waals surface area contributed by atoms with E-state index in [1.54, 1.807) is 11.7 Å². The van der Waals surface area contributed by atoms with Crippen LogP contribution in [0.25, 0.3) is 0 Å². The van der Waals surface area contributed by atoms with E-state index < -0.39 is 0 Å². The second-order valence-corrected chi connectivity index (χ2v) is 6.87. The Labute approximate surface area is 126 Å². The Morgan fingerprint density at radius 2 is 2.00 bits per heavy atom. The van der Waals surface area contributed by atoms with Crippen LogP contribution >= 0.6 is 0 Å². The minimum absolute atomic E-state index is 0.000364. The van der Waals surface area contributed by atoms with Gasteiger partial charge in [0.15, 0.2) is 0 Å². The van der Waals surface area contributed by atoms with Gasteiger partial charge in [-0.3, -0.25) is 10.1 Å². The van der Waals surface area contributed by atoms with E-state index in [2.05, 4.69) is 29.2 Å². The summed E-state index contributed by atoms with van der Waals surface area (Å²) in [5.74, 6) is 0.498. The van der Waals surface area contributed by atoms with Gasteiger partial charge in [-0.25, -0.2) is 4.68 Å². The summed E-state index contributed by atoms with van der Waals surface area (Å²) >= 11 is 0. The molecule has 0 aliphatic carbocycles. The number of nitro groups is 1. The molecule has 0 bridgehead atoms. The standard InChI is InChI=1S/C14H27N5O2/c1-10(2)11-12(19(20)21)13(18(7)16-11)15-8-14(3,4)9-17(5)6/h10,15H,8-9H2,1-7H3. The van der Waals surface area contributed by atoms with Gasteiger partial charge in [-0.2, -0.15) is 5.10 Å². The molecule has 7 nitrogen and oxygen atoms in total. The summed E-state index contributed by atoms with van der Waals surface area (Å²) in [6, 6.07) is 0. The third-order valence-electron chi connectivity index (χ3n) is 3.26. The Bertz CT molecular complexity index is 506. The van der Waals surface area contributed by atoms with Crippen molar-refractivity contribution >= 4 is 11.5 Å². The summed E-state index contributed by atoms with van der Waals surface area (Å²) < 4.78 is 1.57. The lowest BCUT2D eigenvalue weighted by Gasteiger charge is -2.28. The maximum Gasteiger partial charge on any atom is 0.334 e. The molecular formula is C14H27N5O2. The van der Waals surface area contributed by atoms with E-state index >= 15 is 0 Å². The maximum atomic E-state index is 11.4. The number of rotatable bonds is 7. The van der Waals surface area contributed by atoms with Crippen LogP contribution in [0.4, 0.5) is 11.5 Å². The topological polar surface area (TPSA) is 76.2 Å². The molecular weight excluding hydrogens is 270 g/mol. The van der Waals surface area contributed by atoms with E-state index in [4.69, 9.17) is 0 Å². The largest absolute Gasteiger partial charge is 0.364 e. The highest BCUT2D eigenvalue weighted by atomic mass is 16.6. The van der Waals surface area contributed by atoms with Gasteiger partial charge in [-0.05, 0) is 19.5 Å². The van der Waals surface area contributed by atoms with Crippen LogP contribution in [-0.4, -0.2) is 46.8 Å². The normalized spacial score (nSPS) is 12.2. The third kappa shape index (κ3) is 4.42. The van der Waals surface area contributed by atoms with Crippen molar-refractivity contribution < 1.29 is 4.92 Å². The van der Waals surface area contributed by atoms with Crippen LogP contribution in [0.2, 0.25) is 0 Å². The minimum Gasteiger partial charge on any atom is -0.364 e. The molecule has 0 aliphatic heterocycles. The van der Waals surface area contributed by atoms with Crippen molar-refractivity contribution in [3.8, 4) is 0 Å². The van der Waals surface area contributed by atoms with Crippen LogP contribution in [0.15, 0.2) is 0 Å². The molecule has 1 heterocycles. The monoisotopic (exact) mass is 297 g/mol. The van der Waals surface area contributed by atoms with Gasteiger partial charge in [-0.15, -0.1) is 0 Å². The quantitative estimate of drug-likeness (QED) is 0.618. The van der Waals surface area contributed by atoms with Crippen LogP contribution in [-0.2, 0) is 7.05 Å². The van der Waals surface area contributed by atoms with Crippen LogP contribution in [0.5, 0.6) is 0 Å². The predicted octanol–water partition coefficient (Wildman–Crippen LogP) is 2.45. The first kappa shape index (κ1) is 17.4. The highest BCUT2D eigenvalue weighted by Crippen LogP contribution is 2.33. The lowest BCUT2D eigenvalue weighted by molar-refractivity contribution is -0.384. The predicted molar refractivity (Wildman–Crippen MR) is 84.8 cm³/mol. The molecule has 0 saturated carbocycles. The third-order valence-corrected chi connectivity index (χ3v) is 3.26. The van der Waals surface area contributed by atoms with Gasteiger partial charge in [0.1, 0.15) is 5.69 Å². The molecule has 1 rings (SSSR count). The number of anilines is 1. The van der Waals surface area contributed by atoms with Crippen LogP contribution in [0.3, 0.4) is 0 Å². The summed E-state index contributed by atoms with van der Waals surface area (Å²) in [5, 5.41) is 18.9. The van der Waals surface area contributed by atoms with Gasteiger partial charge in [0, 0.05) is 26.1 Å². The fraction of sp³-hybridized carbons (Fsp3) is 0.786. The first-order valence-corrected chi connectivity index (χ1v) is 7.15. The Morgan fingerprint density at radius 1 is 1.43 bits per heavy atom. The van der Waals surface area contributed by atoms with Gasteiger partial charge < -0.3 is 10.2 Å². The number of aryl methyl sites for hydroxylation is 1. The summed E-state index contributed by atoms with van der Waals surface area (Å²) in [6.07, 6.45) is 0. The SMILES string of the molecule is CC(C)c1nn(C)c(NCC(C)(C)CN(C)C)c1[N+](=O)[O-]. The zero-order valence-electron chi connectivity index (χ0n) is 14.1. The minimum atomic E-state index is -0.344. The number of nitrogens with one attached hydrogen (secondary N) is 1. The Morgan fingerprint density at radius 3 is 2.43 bits per heavy atom. The molecule has 0 spiro atoms. The zero-order chi connectivity index (χ0) is 16.4. The van der Waals surface area contributed by atoms with E-state index in [0.29, 0.717) is 18.1 Å². The molecule has 1 aromatic rings. The summed E-state index contributed by atoms with van der Waals surface area (Å²) in [6.45, 7) is 9.62. The smallest absolute Gasteiger partial charge is 0.334 e. The number of aromatic nitrogens is 2. The Balaban J connectivity index is 3.01. The first-order chi connectivity index (χ1) is 9.55. The average molecular weight is 297 g/mol. The lowest BCUT2D eigenvalue weighted by atomic mass is 9.93. The molecule has 0 aromatic carbocycles. The maximum absolute atomic E-state index is 11.4. The van der Waals surface area contributed by atoms with E-state index in [1.807, 2.05) is 27.9 Å². The van der Waals surface area contributed by atoms with Gasteiger partial charge in [0.25, 0.3) is 0 Å². The second kappa shape index (κ2) is 6.43. The fourth-order valence-corrected chi connectivity index (χ4v) is 2.54. The van der Waals surface area contributed by atoms with Gasteiger partial charge in [0.05, 0.1) is 4.92 Å². The molecule has 1 N–H and O–H groups in total.